The van der Waals surface area contributed by atoms with Gasteiger partial charge in [0, 0.05) is 44.9 Å². The lowest BCUT2D eigenvalue weighted by molar-refractivity contribution is 0.131. The molecule has 1 aromatic heterocycles. The Morgan fingerprint density at radius 2 is 1.22 bits per heavy atom. The summed E-state index contributed by atoms with van der Waals surface area (Å²) in [5.74, 6) is 7.23. The van der Waals surface area contributed by atoms with E-state index in [4.69, 9.17) is 19.7 Å². The normalized spacial score (nSPS) is 26.5. The van der Waals surface area contributed by atoms with Crippen molar-refractivity contribution in [1.29, 1.82) is 0 Å². The third kappa shape index (κ3) is 4.90. The Hall–Kier alpha value is -6.39. The number of hydrogen-bond acceptors (Lipinski definition) is 4. The first-order chi connectivity index (χ1) is 30.9. The highest BCUT2D eigenvalue weighted by Crippen LogP contribution is 2.65. The minimum Gasteiger partial charge on any atom is -0.457 e. The number of allylic oxidation sites excluding steroid dienone is 4. The van der Waals surface area contributed by atoms with Gasteiger partial charge in [0.05, 0.1) is 5.41 Å². The summed E-state index contributed by atoms with van der Waals surface area (Å²) < 4.78 is 6.68. The van der Waals surface area contributed by atoms with E-state index in [-0.39, 0.29) is 22.7 Å². The van der Waals surface area contributed by atoms with Gasteiger partial charge in [-0.1, -0.05) is 153 Å². The van der Waals surface area contributed by atoms with E-state index in [2.05, 4.69) is 172 Å². The molecule has 3 saturated carbocycles. The topological polar surface area (TPSA) is 47.9 Å². The molecule has 7 aliphatic rings. The second-order valence-electron chi connectivity index (χ2n) is 20.4. The molecule has 4 nitrogen and oxygen atoms in total. The molecule has 6 aliphatic carbocycles. The van der Waals surface area contributed by atoms with Crippen LogP contribution < -0.4 is 4.74 Å². The van der Waals surface area contributed by atoms with E-state index in [1.807, 2.05) is 0 Å². The zero-order valence-electron chi connectivity index (χ0n) is 35.9. The summed E-state index contributed by atoms with van der Waals surface area (Å²) in [6, 6.07) is 51.3. The zero-order valence-corrected chi connectivity index (χ0v) is 35.9. The molecule has 7 aromatic rings. The van der Waals surface area contributed by atoms with Crippen molar-refractivity contribution < 1.29 is 4.74 Å². The molecule has 306 valence electrons. The number of rotatable bonds is 4. The minimum absolute atomic E-state index is 0.00271. The van der Waals surface area contributed by atoms with E-state index in [0.29, 0.717) is 0 Å². The van der Waals surface area contributed by atoms with Crippen LogP contribution in [0.3, 0.4) is 0 Å². The van der Waals surface area contributed by atoms with E-state index in [1.165, 1.54) is 88.6 Å². The van der Waals surface area contributed by atoms with Gasteiger partial charge in [0.1, 0.15) is 17.3 Å². The highest BCUT2D eigenvalue weighted by atomic mass is 16.5. The number of nitrogens with zero attached hydrogens (tertiary/aromatic N) is 3. The third-order valence-corrected chi connectivity index (χ3v) is 17.0. The molecule has 6 aromatic carbocycles. The summed E-state index contributed by atoms with van der Waals surface area (Å²) in [5, 5.41) is 0. The van der Waals surface area contributed by atoms with Crippen molar-refractivity contribution >= 4 is 5.57 Å². The molecule has 3 fully saturated rings. The van der Waals surface area contributed by atoms with Gasteiger partial charge in [0.15, 0.2) is 11.6 Å². The molecule has 0 saturated heterocycles. The lowest BCUT2D eigenvalue weighted by Gasteiger charge is -2.44. The first kappa shape index (κ1) is 36.1. The van der Waals surface area contributed by atoms with Gasteiger partial charge < -0.3 is 4.74 Å². The van der Waals surface area contributed by atoms with E-state index >= 15 is 0 Å². The lowest BCUT2D eigenvalue weighted by Crippen LogP contribution is -2.39. The predicted octanol–water partition coefficient (Wildman–Crippen LogP) is 13.8. The second-order valence-corrected chi connectivity index (χ2v) is 20.4. The summed E-state index contributed by atoms with van der Waals surface area (Å²) in [4.78, 5) is 16.8. The van der Waals surface area contributed by atoms with Crippen LogP contribution >= 0.6 is 0 Å². The van der Waals surface area contributed by atoms with Crippen LogP contribution in [0.5, 0.6) is 11.5 Å². The molecule has 4 heteroatoms. The Kier molecular flexibility index (Phi) is 7.37. The fourth-order valence-corrected chi connectivity index (χ4v) is 14.4. The lowest BCUT2D eigenvalue weighted by atomic mass is 9.61. The number of fused-ring (bicyclic) bond motifs is 14. The van der Waals surface area contributed by atoms with Crippen molar-refractivity contribution in [3.05, 3.63) is 203 Å². The Labute approximate surface area is 369 Å². The maximum absolute atomic E-state index is 6.68. The number of benzene rings is 6. The number of hydrogen-bond donors (Lipinski definition) is 0. The molecular formula is C59H49N3O. The minimum atomic E-state index is -0.426. The first-order valence-electron chi connectivity index (χ1n) is 23.4. The molecular weight excluding hydrogens is 767 g/mol. The van der Waals surface area contributed by atoms with E-state index in [0.717, 1.165) is 63.4 Å². The molecule has 0 radical (unpaired) electrons. The Bertz CT molecular complexity index is 3110. The quantitative estimate of drug-likeness (QED) is 0.178. The van der Waals surface area contributed by atoms with E-state index in [1.54, 1.807) is 0 Å². The highest BCUT2D eigenvalue weighted by molar-refractivity contribution is 5.87. The van der Waals surface area contributed by atoms with Crippen LogP contribution in [-0.4, -0.2) is 15.0 Å². The van der Waals surface area contributed by atoms with Crippen molar-refractivity contribution in [2.45, 2.75) is 74.5 Å². The summed E-state index contributed by atoms with van der Waals surface area (Å²) in [6.07, 6.45) is 15.1. The van der Waals surface area contributed by atoms with Crippen molar-refractivity contribution in [2.75, 3.05) is 0 Å². The van der Waals surface area contributed by atoms with Crippen LogP contribution in [0.4, 0.5) is 0 Å². The van der Waals surface area contributed by atoms with Crippen LogP contribution in [0.1, 0.15) is 103 Å². The van der Waals surface area contributed by atoms with Gasteiger partial charge in [-0.2, -0.15) is 0 Å². The molecule has 2 heterocycles. The summed E-state index contributed by atoms with van der Waals surface area (Å²) in [7, 11) is 0. The summed E-state index contributed by atoms with van der Waals surface area (Å²) in [5.41, 5.74) is 14.5. The molecule has 1 spiro atoms. The van der Waals surface area contributed by atoms with Crippen molar-refractivity contribution in [2.24, 2.45) is 23.7 Å². The molecule has 0 N–H and O–H groups in total. The zero-order chi connectivity index (χ0) is 41.7. The molecule has 5 unspecified atom stereocenters. The van der Waals surface area contributed by atoms with Gasteiger partial charge in [-0.3, -0.25) is 0 Å². The smallest absolute Gasteiger partial charge is 0.164 e. The van der Waals surface area contributed by atoms with Crippen LogP contribution in [0.15, 0.2) is 158 Å². The van der Waals surface area contributed by atoms with Crippen LogP contribution in [-0.2, 0) is 16.2 Å². The monoisotopic (exact) mass is 815 g/mol. The van der Waals surface area contributed by atoms with Gasteiger partial charge in [-0.25, -0.2) is 15.0 Å². The maximum Gasteiger partial charge on any atom is 0.164 e. The summed E-state index contributed by atoms with van der Waals surface area (Å²) >= 11 is 0. The predicted molar refractivity (Wildman–Crippen MR) is 251 cm³/mol. The highest BCUT2D eigenvalue weighted by Gasteiger charge is 2.57. The average Bonchev–Trinajstić information content (AvgIpc) is 3.83. The van der Waals surface area contributed by atoms with Gasteiger partial charge in [-0.05, 0) is 119 Å². The third-order valence-electron chi connectivity index (χ3n) is 17.0. The van der Waals surface area contributed by atoms with E-state index < -0.39 is 5.41 Å². The second kappa shape index (κ2) is 12.8. The van der Waals surface area contributed by atoms with Gasteiger partial charge in [-0.15, -0.1) is 0 Å². The number of aromatic nitrogens is 3. The van der Waals surface area contributed by atoms with Crippen LogP contribution in [0.25, 0.3) is 39.5 Å². The average molecular weight is 816 g/mol. The van der Waals surface area contributed by atoms with Gasteiger partial charge in [0.2, 0.25) is 0 Å². The van der Waals surface area contributed by atoms with Crippen molar-refractivity contribution in [3.8, 4) is 45.4 Å². The first-order valence-corrected chi connectivity index (χ1v) is 23.4. The van der Waals surface area contributed by atoms with Crippen molar-refractivity contribution in [1.82, 2.24) is 15.0 Å². The standard InChI is InChI=1S/C59H49N3O/c1-57(2)46-17-7-5-14-41(46)43-26-24-38(32-50(43)57)54-60-55(62-56(61-54)58-28-27-36-29-35(33-58)30-39(36)34-58)45-16-4-3-13-40(45)37-23-25-44-42-15-6-8-18-47(42)59(51(44)31-37)48-19-9-11-21-52(48)63-53-22-12-10-20-49(53)59/h3-26,31-32,35-36,39,44,51H,27-30,33-34H2,1-2H3/t35-,36?,39?,44?,51?,58?/m1/s1. The Morgan fingerprint density at radius 1 is 0.571 bits per heavy atom. The molecule has 0 amide bonds. The van der Waals surface area contributed by atoms with E-state index in [9.17, 15) is 0 Å². The van der Waals surface area contributed by atoms with Gasteiger partial charge >= 0.3 is 0 Å². The maximum atomic E-state index is 6.68. The molecule has 6 atom stereocenters. The number of para-hydroxylation sites is 2. The molecule has 3 bridgehead atoms. The fourth-order valence-electron chi connectivity index (χ4n) is 14.4. The summed E-state index contributed by atoms with van der Waals surface area (Å²) in [6.45, 7) is 4.72. The molecule has 63 heavy (non-hydrogen) atoms. The SMILES string of the molecule is CC1(C)c2ccccc2-c2ccc(-c3nc(-c4ccccc4C4=CC5C(C=C4)c4ccccc4C54c5ccccc5Oc5ccccc54)nc(C45CCC6C[C@H](CC6C4)C5)n3)cc21. The largest absolute Gasteiger partial charge is 0.457 e. The number of ether oxygens (including phenoxy) is 1. The molecule has 14 rings (SSSR count). The van der Waals surface area contributed by atoms with Gasteiger partial charge in [0.25, 0.3) is 0 Å². The van der Waals surface area contributed by atoms with Crippen molar-refractivity contribution in [3.63, 3.8) is 0 Å². The van der Waals surface area contributed by atoms with Crippen LogP contribution in [0, 0.1) is 23.7 Å². The Balaban J connectivity index is 0.951. The fraction of sp³-hybridized carbons (Fsp3) is 0.271. The Morgan fingerprint density at radius 3 is 2.03 bits per heavy atom. The van der Waals surface area contributed by atoms with Crippen LogP contribution in [0.2, 0.25) is 0 Å². The molecule has 1 aliphatic heterocycles.